The van der Waals surface area contributed by atoms with Gasteiger partial charge in [0, 0.05) is 18.3 Å². The Morgan fingerprint density at radius 1 is 1.41 bits per heavy atom. The van der Waals surface area contributed by atoms with Gasteiger partial charge in [-0.2, -0.15) is 4.68 Å². The molecule has 2 heterocycles. The second kappa shape index (κ2) is 4.58. The highest BCUT2D eigenvalue weighted by Crippen LogP contribution is 2.15. The number of nitrogens with one attached hydrogen (secondary N) is 1. The van der Waals surface area contributed by atoms with E-state index in [0.29, 0.717) is 23.8 Å². The molecule has 0 saturated carbocycles. The molecule has 0 radical (unpaired) electrons. The second-order valence-electron chi connectivity index (χ2n) is 3.76. The van der Waals surface area contributed by atoms with E-state index in [-0.39, 0.29) is 11.6 Å². The number of hydrogen-bond donors (Lipinski definition) is 1. The van der Waals surface area contributed by atoms with Crippen LogP contribution >= 0.6 is 0 Å². The highest BCUT2D eigenvalue weighted by Gasteiger charge is 2.14. The Labute approximate surface area is 98.7 Å². The molecule has 2 aromatic heterocycles. The molecule has 0 unspecified atom stereocenters. The highest BCUT2D eigenvalue weighted by atomic mass is 19.1. The fraction of sp³-hybridized carbons (Fsp3) is 0.364. The zero-order valence-electron chi connectivity index (χ0n) is 10.0. The molecule has 2 aromatic rings. The van der Waals surface area contributed by atoms with Gasteiger partial charge in [-0.05, 0) is 27.0 Å². The Hall–Kier alpha value is -1.82. The van der Waals surface area contributed by atoms with Crippen LogP contribution in [0.5, 0.6) is 0 Å². The van der Waals surface area contributed by atoms with Crippen LogP contribution in [0.1, 0.15) is 17.2 Å². The van der Waals surface area contributed by atoms with Crippen molar-refractivity contribution >= 4 is 0 Å². The maximum atomic E-state index is 14.1. The lowest BCUT2D eigenvalue weighted by Gasteiger charge is -2.07. The zero-order chi connectivity index (χ0) is 12.4. The first-order valence-corrected chi connectivity index (χ1v) is 5.32. The predicted molar refractivity (Wildman–Crippen MR) is 61.3 cm³/mol. The Bertz CT molecular complexity index is 535. The minimum absolute atomic E-state index is 0.191. The lowest BCUT2D eigenvalue weighted by molar-refractivity contribution is 0.574. The van der Waals surface area contributed by atoms with Crippen LogP contribution in [0.25, 0.3) is 5.82 Å². The van der Waals surface area contributed by atoms with Crippen molar-refractivity contribution in [1.29, 1.82) is 0 Å². The number of nitrogens with zero attached hydrogens (tertiary/aromatic N) is 4. The zero-order valence-corrected chi connectivity index (χ0v) is 10.0. The first-order valence-electron chi connectivity index (χ1n) is 5.32. The number of aryl methyl sites for hydroxylation is 2. The number of pyridine rings is 1. The molecule has 0 aliphatic carbocycles. The SMILES string of the molecule is CNCc1ccnc(-n2nc(C)nc2C)c1F. The van der Waals surface area contributed by atoms with Gasteiger partial charge in [0.15, 0.2) is 11.6 Å². The molecule has 0 bridgehead atoms. The monoisotopic (exact) mass is 235 g/mol. The fourth-order valence-corrected chi connectivity index (χ4v) is 1.67. The minimum Gasteiger partial charge on any atom is -0.316 e. The molecular formula is C11H14FN5. The van der Waals surface area contributed by atoms with Gasteiger partial charge in [0.2, 0.25) is 0 Å². The summed E-state index contributed by atoms with van der Waals surface area (Å²) >= 11 is 0. The van der Waals surface area contributed by atoms with Crippen LogP contribution < -0.4 is 5.32 Å². The molecule has 1 N–H and O–H groups in total. The van der Waals surface area contributed by atoms with Crippen molar-refractivity contribution in [1.82, 2.24) is 25.1 Å². The Kier molecular flexibility index (Phi) is 3.14. The smallest absolute Gasteiger partial charge is 0.191 e. The summed E-state index contributed by atoms with van der Waals surface area (Å²) in [6, 6.07) is 1.65. The maximum absolute atomic E-state index is 14.1. The van der Waals surface area contributed by atoms with Crippen molar-refractivity contribution in [3.05, 3.63) is 35.3 Å². The van der Waals surface area contributed by atoms with E-state index in [9.17, 15) is 4.39 Å². The van der Waals surface area contributed by atoms with Crippen molar-refractivity contribution in [3.8, 4) is 5.82 Å². The van der Waals surface area contributed by atoms with Crippen LogP contribution in [0, 0.1) is 19.7 Å². The summed E-state index contributed by atoms with van der Waals surface area (Å²) in [6.07, 6.45) is 1.57. The summed E-state index contributed by atoms with van der Waals surface area (Å²) in [5.74, 6) is 1.05. The summed E-state index contributed by atoms with van der Waals surface area (Å²) in [7, 11) is 1.77. The van der Waals surface area contributed by atoms with E-state index in [4.69, 9.17) is 0 Å². The topological polar surface area (TPSA) is 55.6 Å². The summed E-state index contributed by atoms with van der Waals surface area (Å²) in [6.45, 7) is 3.98. The molecule has 0 amide bonds. The van der Waals surface area contributed by atoms with E-state index in [0.717, 1.165) is 0 Å². The first kappa shape index (κ1) is 11.7. The van der Waals surface area contributed by atoms with E-state index in [1.165, 1.54) is 4.68 Å². The van der Waals surface area contributed by atoms with Crippen LogP contribution in [-0.4, -0.2) is 26.8 Å². The average molecular weight is 235 g/mol. The summed E-state index contributed by atoms with van der Waals surface area (Å²) in [5, 5.41) is 7.04. The molecule has 5 nitrogen and oxygen atoms in total. The molecule has 90 valence electrons. The van der Waals surface area contributed by atoms with E-state index in [2.05, 4.69) is 20.4 Å². The molecule has 0 aliphatic heterocycles. The van der Waals surface area contributed by atoms with Gasteiger partial charge < -0.3 is 5.32 Å². The quantitative estimate of drug-likeness (QED) is 0.866. The lowest BCUT2D eigenvalue weighted by atomic mass is 10.2. The van der Waals surface area contributed by atoms with Crippen LogP contribution in [0.2, 0.25) is 0 Å². The van der Waals surface area contributed by atoms with Crippen molar-refractivity contribution in [2.75, 3.05) is 7.05 Å². The Morgan fingerprint density at radius 2 is 2.18 bits per heavy atom. The molecule has 0 aliphatic rings. The summed E-state index contributed by atoms with van der Waals surface area (Å²) in [4.78, 5) is 8.16. The molecule has 0 fully saturated rings. The molecule has 0 aromatic carbocycles. The van der Waals surface area contributed by atoms with Crippen molar-refractivity contribution in [2.45, 2.75) is 20.4 Å². The third-order valence-corrected chi connectivity index (χ3v) is 2.39. The Balaban J connectivity index is 2.52. The second-order valence-corrected chi connectivity index (χ2v) is 3.76. The molecule has 0 saturated heterocycles. The third-order valence-electron chi connectivity index (χ3n) is 2.39. The maximum Gasteiger partial charge on any atom is 0.191 e. The van der Waals surface area contributed by atoms with Crippen LogP contribution in [0.15, 0.2) is 12.3 Å². The molecule has 17 heavy (non-hydrogen) atoms. The highest BCUT2D eigenvalue weighted by molar-refractivity contribution is 5.30. The largest absolute Gasteiger partial charge is 0.316 e. The summed E-state index contributed by atoms with van der Waals surface area (Å²) < 4.78 is 15.6. The van der Waals surface area contributed by atoms with Crippen molar-refractivity contribution in [3.63, 3.8) is 0 Å². The molecule has 6 heteroatoms. The third kappa shape index (κ3) is 2.16. The Morgan fingerprint density at radius 3 is 2.76 bits per heavy atom. The number of hydrogen-bond acceptors (Lipinski definition) is 4. The van der Waals surface area contributed by atoms with Gasteiger partial charge in [0.1, 0.15) is 11.6 Å². The average Bonchev–Trinajstić information content (AvgIpc) is 2.61. The van der Waals surface area contributed by atoms with Gasteiger partial charge in [0.05, 0.1) is 0 Å². The fourth-order valence-electron chi connectivity index (χ4n) is 1.67. The number of aromatic nitrogens is 4. The van der Waals surface area contributed by atoms with Gasteiger partial charge >= 0.3 is 0 Å². The van der Waals surface area contributed by atoms with E-state index in [1.54, 1.807) is 33.2 Å². The van der Waals surface area contributed by atoms with E-state index in [1.807, 2.05) is 0 Å². The molecule has 2 rings (SSSR count). The summed E-state index contributed by atoms with van der Waals surface area (Å²) in [5.41, 5.74) is 0.560. The van der Waals surface area contributed by atoms with Crippen LogP contribution in [-0.2, 0) is 6.54 Å². The van der Waals surface area contributed by atoms with Gasteiger partial charge in [-0.3, -0.25) is 0 Å². The normalized spacial score (nSPS) is 10.8. The van der Waals surface area contributed by atoms with Crippen molar-refractivity contribution in [2.24, 2.45) is 0 Å². The number of halogens is 1. The van der Waals surface area contributed by atoms with Gasteiger partial charge in [0.25, 0.3) is 0 Å². The standard InChI is InChI=1S/C11H14FN5/c1-7-15-8(2)17(16-7)11-10(12)9(6-13-3)4-5-14-11/h4-5,13H,6H2,1-3H3. The van der Waals surface area contributed by atoms with E-state index >= 15 is 0 Å². The molecule has 0 atom stereocenters. The van der Waals surface area contributed by atoms with Gasteiger partial charge in [-0.1, -0.05) is 0 Å². The van der Waals surface area contributed by atoms with Gasteiger partial charge in [-0.25, -0.2) is 14.4 Å². The van der Waals surface area contributed by atoms with Crippen LogP contribution in [0.4, 0.5) is 4.39 Å². The minimum atomic E-state index is -0.366. The number of rotatable bonds is 3. The van der Waals surface area contributed by atoms with Crippen molar-refractivity contribution < 1.29 is 4.39 Å². The predicted octanol–water partition coefficient (Wildman–Crippen LogP) is 1.14. The lowest BCUT2D eigenvalue weighted by Crippen LogP contribution is -2.12. The van der Waals surface area contributed by atoms with Crippen LogP contribution in [0.3, 0.4) is 0 Å². The first-order chi connectivity index (χ1) is 8.13. The molecular weight excluding hydrogens is 221 g/mol. The van der Waals surface area contributed by atoms with E-state index < -0.39 is 0 Å². The molecule has 0 spiro atoms. The van der Waals surface area contributed by atoms with Gasteiger partial charge in [-0.15, -0.1) is 5.10 Å².